The summed E-state index contributed by atoms with van der Waals surface area (Å²) >= 11 is 0. The fourth-order valence-electron chi connectivity index (χ4n) is 8.37. The highest BCUT2D eigenvalue weighted by Crippen LogP contribution is 2.35. The Kier molecular flexibility index (Phi) is 12.2. The summed E-state index contributed by atoms with van der Waals surface area (Å²) in [6.45, 7) is 2.12. The first-order valence-electron chi connectivity index (χ1n) is 20.6. The fourth-order valence-corrected chi connectivity index (χ4v) is 8.37. The minimum Gasteiger partial charge on any atom is -0.453 e. The zero-order valence-electron chi connectivity index (χ0n) is 33.8. The Morgan fingerprint density at radius 3 is 2.08 bits per heavy atom. The van der Waals surface area contributed by atoms with Crippen LogP contribution < -0.4 is 16.0 Å². The third-order valence-electron chi connectivity index (χ3n) is 11.6. The van der Waals surface area contributed by atoms with Crippen molar-refractivity contribution in [3.8, 4) is 22.3 Å². The number of methoxy groups -OCH3 is 2. The van der Waals surface area contributed by atoms with Crippen molar-refractivity contribution >= 4 is 56.8 Å². The van der Waals surface area contributed by atoms with Crippen LogP contribution in [0.3, 0.4) is 0 Å². The van der Waals surface area contributed by atoms with E-state index in [9.17, 15) is 19.2 Å². The molecular weight excluding hydrogens is 765 g/mol. The van der Waals surface area contributed by atoms with Crippen LogP contribution >= 0.6 is 0 Å². The summed E-state index contributed by atoms with van der Waals surface area (Å²) in [5.41, 5.74) is 7.96. The van der Waals surface area contributed by atoms with E-state index < -0.39 is 18.2 Å². The predicted molar refractivity (Wildman–Crippen MR) is 227 cm³/mol. The number of nitrogens with zero attached hydrogens (tertiary/aromatic N) is 3. The third-order valence-corrected chi connectivity index (χ3v) is 11.6. The minimum absolute atomic E-state index is 0.0255. The molecule has 2 aliphatic heterocycles. The van der Waals surface area contributed by atoms with Gasteiger partial charge < -0.3 is 45.0 Å². The van der Waals surface area contributed by atoms with Crippen LogP contribution in [0.25, 0.3) is 55.1 Å². The SMILES string of the molecule is COC(=O)NCC(=O)NCCCCc1nc2ccc(-c3ccc4cc(-c5ccc6nc(C7CCCN7C(=O)C(NC(=O)OC)C7CCOCC7)[nH]c6c5)ccc4c3)cc2[nH]1. The first-order valence-corrected chi connectivity index (χ1v) is 20.6. The van der Waals surface area contributed by atoms with Gasteiger partial charge in [-0.15, -0.1) is 0 Å². The number of alkyl carbamates (subject to hydrolysis) is 2. The number of nitrogens with one attached hydrogen (secondary N) is 5. The van der Waals surface area contributed by atoms with Gasteiger partial charge in [0.2, 0.25) is 11.8 Å². The number of likely N-dealkylation sites (tertiary alicyclic amines) is 1. The van der Waals surface area contributed by atoms with Gasteiger partial charge in [-0.1, -0.05) is 36.4 Å². The smallest absolute Gasteiger partial charge is 0.407 e. The van der Waals surface area contributed by atoms with Crippen LogP contribution in [0.15, 0.2) is 72.8 Å². The van der Waals surface area contributed by atoms with Crippen LogP contribution in [-0.2, 0) is 30.2 Å². The Bertz CT molecular complexity index is 2530. The highest BCUT2D eigenvalue weighted by atomic mass is 16.5. The van der Waals surface area contributed by atoms with Gasteiger partial charge in [0.15, 0.2) is 0 Å². The fraction of sp³-hybridized carbons (Fsp3) is 0.378. The van der Waals surface area contributed by atoms with Gasteiger partial charge in [-0.3, -0.25) is 9.59 Å². The van der Waals surface area contributed by atoms with E-state index in [2.05, 4.69) is 91.3 Å². The van der Waals surface area contributed by atoms with Crippen molar-refractivity contribution < 1.29 is 33.4 Å². The van der Waals surface area contributed by atoms with Gasteiger partial charge in [0.1, 0.15) is 17.7 Å². The van der Waals surface area contributed by atoms with Crippen LogP contribution in [0.4, 0.5) is 9.59 Å². The lowest BCUT2D eigenvalue weighted by atomic mass is 9.90. The van der Waals surface area contributed by atoms with E-state index in [1.165, 1.54) is 14.2 Å². The number of benzene rings is 4. The molecule has 0 aliphatic carbocycles. The molecule has 8 rings (SSSR count). The largest absolute Gasteiger partial charge is 0.453 e. The second-order valence-electron chi connectivity index (χ2n) is 15.5. The number of aryl methyl sites for hydroxylation is 1. The highest BCUT2D eigenvalue weighted by Gasteiger charge is 2.40. The Labute approximate surface area is 346 Å². The molecule has 0 saturated carbocycles. The van der Waals surface area contributed by atoms with Gasteiger partial charge in [0, 0.05) is 32.7 Å². The highest BCUT2D eigenvalue weighted by molar-refractivity contribution is 5.93. The molecule has 4 amide bonds. The molecule has 2 saturated heterocycles. The van der Waals surface area contributed by atoms with Crippen LogP contribution in [0.2, 0.25) is 0 Å². The lowest BCUT2D eigenvalue weighted by Gasteiger charge is -2.34. The monoisotopic (exact) mass is 814 g/mol. The van der Waals surface area contributed by atoms with E-state index >= 15 is 0 Å². The number of H-pyrrole nitrogens is 2. The lowest BCUT2D eigenvalue weighted by molar-refractivity contribution is -0.136. The van der Waals surface area contributed by atoms with Gasteiger partial charge in [-0.25, -0.2) is 19.6 Å². The van der Waals surface area contributed by atoms with Gasteiger partial charge >= 0.3 is 12.2 Å². The normalized spacial score (nSPS) is 16.2. The van der Waals surface area contributed by atoms with E-state index in [1.807, 2.05) is 17.0 Å². The maximum absolute atomic E-state index is 14.0. The number of ether oxygens (including phenoxy) is 3. The summed E-state index contributed by atoms with van der Waals surface area (Å²) in [6.07, 6.45) is 4.16. The van der Waals surface area contributed by atoms with E-state index in [0.29, 0.717) is 39.1 Å². The van der Waals surface area contributed by atoms with Gasteiger partial charge in [0.05, 0.1) is 48.9 Å². The van der Waals surface area contributed by atoms with E-state index in [0.717, 1.165) is 98.8 Å². The second-order valence-corrected chi connectivity index (χ2v) is 15.5. The molecule has 2 unspecified atom stereocenters. The maximum atomic E-state index is 14.0. The molecule has 4 aromatic carbocycles. The van der Waals surface area contributed by atoms with Crippen molar-refractivity contribution in [1.29, 1.82) is 0 Å². The first kappa shape index (κ1) is 40.3. The van der Waals surface area contributed by atoms with Crippen LogP contribution in [-0.4, -0.2) is 102 Å². The number of carbonyl (C=O) groups excluding carboxylic acids is 4. The number of amides is 4. The van der Waals surface area contributed by atoms with Crippen LogP contribution in [0, 0.1) is 5.92 Å². The number of hydrogen-bond acceptors (Lipinski definition) is 9. The number of aromatic nitrogens is 4. The first-order chi connectivity index (χ1) is 29.3. The predicted octanol–water partition coefficient (Wildman–Crippen LogP) is 6.54. The van der Waals surface area contributed by atoms with Crippen molar-refractivity contribution in [3.05, 3.63) is 84.4 Å². The lowest BCUT2D eigenvalue weighted by Crippen LogP contribution is -2.53. The number of unbranched alkanes of at least 4 members (excludes halogenated alkanes) is 1. The molecule has 312 valence electrons. The second kappa shape index (κ2) is 18.2. The average Bonchev–Trinajstić information content (AvgIpc) is 4.05. The Morgan fingerprint density at radius 2 is 1.40 bits per heavy atom. The Hall–Kier alpha value is -6.48. The molecule has 15 heteroatoms. The number of carbonyl (C=O) groups is 4. The molecule has 2 atom stereocenters. The van der Waals surface area contributed by atoms with E-state index in [1.54, 1.807) is 0 Å². The molecule has 5 N–H and O–H groups in total. The molecule has 4 heterocycles. The average molecular weight is 815 g/mol. The molecule has 2 fully saturated rings. The van der Waals surface area contributed by atoms with Crippen molar-refractivity contribution in [2.24, 2.45) is 5.92 Å². The third kappa shape index (κ3) is 9.05. The zero-order chi connectivity index (χ0) is 41.6. The van der Waals surface area contributed by atoms with Crippen molar-refractivity contribution in [3.63, 3.8) is 0 Å². The molecule has 60 heavy (non-hydrogen) atoms. The molecule has 6 aromatic rings. The van der Waals surface area contributed by atoms with Crippen molar-refractivity contribution in [2.45, 2.75) is 57.0 Å². The Morgan fingerprint density at radius 1 is 0.767 bits per heavy atom. The molecule has 15 nitrogen and oxygen atoms in total. The van der Waals surface area contributed by atoms with Gasteiger partial charge in [-0.05, 0) is 114 Å². The number of rotatable bonds is 13. The number of imidazole rings is 2. The van der Waals surface area contributed by atoms with E-state index in [-0.39, 0.29) is 30.3 Å². The summed E-state index contributed by atoms with van der Waals surface area (Å²) in [6, 6.07) is 24.6. The summed E-state index contributed by atoms with van der Waals surface area (Å²) in [7, 11) is 2.57. The quantitative estimate of drug-likeness (QED) is 0.0806. The summed E-state index contributed by atoms with van der Waals surface area (Å²) in [4.78, 5) is 67.9. The van der Waals surface area contributed by atoms with E-state index in [4.69, 9.17) is 19.4 Å². The molecule has 2 aromatic heterocycles. The molecule has 0 radical (unpaired) electrons. The summed E-state index contributed by atoms with van der Waals surface area (Å²) in [5.74, 6) is 1.26. The van der Waals surface area contributed by atoms with Crippen LogP contribution in [0.5, 0.6) is 0 Å². The minimum atomic E-state index is -0.682. The van der Waals surface area contributed by atoms with Crippen molar-refractivity contribution in [1.82, 2.24) is 40.8 Å². The molecule has 0 spiro atoms. The van der Waals surface area contributed by atoms with Crippen LogP contribution in [0.1, 0.15) is 56.2 Å². The Balaban J connectivity index is 0.920. The molecular formula is C45H50N8O7. The maximum Gasteiger partial charge on any atom is 0.407 e. The molecule has 2 aliphatic rings. The zero-order valence-corrected chi connectivity index (χ0v) is 33.8. The standard InChI is InChI=1S/C45H50N8O7/c1-58-44(56)47-26-40(54)46-18-4-3-7-39-48-34-14-12-32(24-36(34)49-39)30-10-8-29-23-31(11-9-28(29)22-30)33-13-15-35-37(25-33)51-42(50-35)38-6-5-19-53(38)43(55)41(52-45(57)59-2)27-16-20-60-21-17-27/h8-15,22-25,27,38,41H,3-7,16-21,26H2,1-2H3,(H,46,54)(H,47,56)(H,48,49)(H,50,51)(H,52,57). The summed E-state index contributed by atoms with van der Waals surface area (Å²) in [5, 5.41) is 10.2. The van der Waals surface area contributed by atoms with Crippen molar-refractivity contribution in [2.75, 3.05) is 47.1 Å². The summed E-state index contributed by atoms with van der Waals surface area (Å²) < 4.78 is 14.9. The number of aromatic amines is 2. The molecule has 0 bridgehead atoms. The van der Waals surface area contributed by atoms with Gasteiger partial charge in [0.25, 0.3) is 0 Å². The number of fused-ring (bicyclic) bond motifs is 3. The number of hydrogen-bond donors (Lipinski definition) is 5. The topological polar surface area (TPSA) is 193 Å². The van der Waals surface area contributed by atoms with Gasteiger partial charge in [-0.2, -0.15) is 0 Å².